The van der Waals surface area contributed by atoms with Crippen molar-refractivity contribution in [3.8, 4) is 5.69 Å². The molecule has 0 spiro atoms. The zero-order valence-electron chi connectivity index (χ0n) is 14.8. The Labute approximate surface area is 143 Å². The summed E-state index contributed by atoms with van der Waals surface area (Å²) in [6.07, 6.45) is 2.58. The number of rotatable bonds is 3. The summed E-state index contributed by atoms with van der Waals surface area (Å²) >= 11 is 0. The Morgan fingerprint density at radius 1 is 1.21 bits per heavy atom. The smallest absolute Gasteiger partial charge is 0.257 e. The first-order valence-electron chi connectivity index (χ1n) is 8.58. The van der Waals surface area contributed by atoms with Crippen LogP contribution in [0.25, 0.3) is 5.69 Å². The molecule has 2 heterocycles. The fourth-order valence-electron chi connectivity index (χ4n) is 3.32. The zero-order valence-corrected chi connectivity index (χ0v) is 14.8. The van der Waals surface area contributed by atoms with E-state index in [0.29, 0.717) is 18.7 Å². The molecule has 2 atom stereocenters. The lowest BCUT2D eigenvalue weighted by molar-refractivity contribution is -0.0586. The van der Waals surface area contributed by atoms with Gasteiger partial charge in [0, 0.05) is 13.1 Å². The van der Waals surface area contributed by atoms with E-state index in [4.69, 9.17) is 4.74 Å². The SMILES string of the molecule is CCc1c(C(=O)N2CC(C)OC(C)C2)cnn1-c1ccc(C)cc1. The van der Waals surface area contributed by atoms with Crippen molar-refractivity contribution >= 4 is 5.91 Å². The van der Waals surface area contributed by atoms with Crippen molar-refractivity contribution in [2.45, 2.75) is 46.3 Å². The van der Waals surface area contributed by atoms with E-state index in [-0.39, 0.29) is 18.1 Å². The summed E-state index contributed by atoms with van der Waals surface area (Å²) in [5, 5.41) is 4.48. The van der Waals surface area contributed by atoms with Gasteiger partial charge in [-0.25, -0.2) is 4.68 Å². The summed E-state index contributed by atoms with van der Waals surface area (Å²) in [5.41, 5.74) is 3.84. The van der Waals surface area contributed by atoms with E-state index in [1.54, 1.807) is 6.20 Å². The van der Waals surface area contributed by atoms with Crippen LogP contribution < -0.4 is 0 Å². The molecule has 0 bridgehead atoms. The third kappa shape index (κ3) is 3.22. The van der Waals surface area contributed by atoms with Gasteiger partial charge >= 0.3 is 0 Å². The van der Waals surface area contributed by atoms with Crippen LogP contribution in [0.3, 0.4) is 0 Å². The normalized spacial score (nSPS) is 21.1. The maximum atomic E-state index is 13.0. The maximum Gasteiger partial charge on any atom is 0.257 e. The molecule has 2 unspecified atom stereocenters. The molecule has 1 fully saturated rings. The number of amides is 1. The lowest BCUT2D eigenvalue weighted by atomic mass is 10.1. The van der Waals surface area contributed by atoms with Gasteiger partial charge in [-0.1, -0.05) is 24.6 Å². The first kappa shape index (κ1) is 16.7. The molecule has 1 aliphatic rings. The van der Waals surface area contributed by atoms with E-state index >= 15 is 0 Å². The molecule has 128 valence electrons. The average Bonchev–Trinajstić information content (AvgIpc) is 2.97. The molecular weight excluding hydrogens is 302 g/mol. The first-order chi connectivity index (χ1) is 11.5. The number of aryl methyl sites for hydroxylation is 1. The van der Waals surface area contributed by atoms with Crippen LogP contribution in [-0.4, -0.2) is 45.9 Å². The van der Waals surface area contributed by atoms with Crippen molar-refractivity contribution in [3.05, 3.63) is 47.3 Å². The Balaban J connectivity index is 1.91. The molecule has 2 aromatic rings. The van der Waals surface area contributed by atoms with Crippen LogP contribution in [0, 0.1) is 6.92 Å². The highest BCUT2D eigenvalue weighted by Gasteiger charge is 2.29. The maximum absolute atomic E-state index is 13.0. The average molecular weight is 327 g/mol. The van der Waals surface area contributed by atoms with Crippen molar-refractivity contribution in [2.75, 3.05) is 13.1 Å². The molecule has 0 radical (unpaired) electrons. The summed E-state index contributed by atoms with van der Waals surface area (Å²) in [6.45, 7) is 9.38. The number of hydrogen-bond acceptors (Lipinski definition) is 3. The van der Waals surface area contributed by atoms with Gasteiger partial charge in [-0.15, -0.1) is 0 Å². The third-order valence-corrected chi connectivity index (χ3v) is 4.42. The highest BCUT2D eigenvalue weighted by Crippen LogP contribution is 2.20. The molecular formula is C19H25N3O2. The number of hydrogen-bond donors (Lipinski definition) is 0. The van der Waals surface area contributed by atoms with Gasteiger partial charge in [-0.3, -0.25) is 4.79 Å². The second kappa shape index (κ2) is 6.77. The monoisotopic (exact) mass is 327 g/mol. The fourth-order valence-corrected chi connectivity index (χ4v) is 3.32. The Kier molecular flexibility index (Phi) is 4.71. The topological polar surface area (TPSA) is 47.4 Å². The van der Waals surface area contributed by atoms with E-state index in [2.05, 4.69) is 31.1 Å². The zero-order chi connectivity index (χ0) is 17.3. The highest BCUT2D eigenvalue weighted by molar-refractivity contribution is 5.95. The lowest BCUT2D eigenvalue weighted by Gasteiger charge is -2.35. The Morgan fingerprint density at radius 2 is 1.83 bits per heavy atom. The number of nitrogens with zero attached hydrogens (tertiary/aromatic N) is 3. The molecule has 0 saturated carbocycles. The summed E-state index contributed by atoms with van der Waals surface area (Å²) in [6, 6.07) is 8.19. The molecule has 3 rings (SSSR count). The number of morpholine rings is 1. The summed E-state index contributed by atoms with van der Waals surface area (Å²) in [7, 11) is 0. The van der Waals surface area contributed by atoms with Crippen LogP contribution in [0.15, 0.2) is 30.5 Å². The van der Waals surface area contributed by atoms with E-state index in [1.807, 2.05) is 35.6 Å². The molecule has 1 saturated heterocycles. The molecule has 1 aliphatic heterocycles. The van der Waals surface area contributed by atoms with Gasteiger partial charge < -0.3 is 9.64 Å². The second-order valence-corrected chi connectivity index (χ2v) is 6.57. The molecule has 0 N–H and O–H groups in total. The number of ether oxygens (including phenoxy) is 1. The van der Waals surface area contributed by atoms with Crippen molar-refractivity contribution in [1.29, 1.82) is 0 Å². The minimum absolute atomic E-state index is 0.0483. The predicted octanol–water partition coefficient (Wildman–Crippen LogP) is 2.99. The van der Waals surface area contributed by atoms with Crippen LogP contribution in [0.4, 0.5) is 0 Å². The van der Waals surface area contributed by atoms with E-state index in [0.717, 1.165) is 17.8 Å². The number of aromatic nitrogens is 2. The van der Waals surface area contributed by atoms with Gasteiger partial charge in [-0.2, -0.15) is 5.10 Å². The van der Waals surface area contributed by atoms with Crippen molar-refractivity contribution in [3.63, 3.8) is 0 Å². The molecule has 1 aromatic carbocycles. The second-order valence-electron chi connectivity index (χ2n) is 6.57. The predicted molar refractivity (Wildman–Crippen MR) is 93.6 cm³/mol. The van der Waals surface area contributed by atoms with Gasteiger partial charge in [0.1, 0.15) is 0 Å². The van der Waals surface area contributed by atoms with Crippen LogP contribution in [-0.2, 0) is 11.2 Å². The standard InChI is InChI=1S/C19H25N3O2/c1-5-18-17(19(23)21-11-14(3)24-15(4)12-21)10-20-22(18)16-8-6-13(2)7-9-16/h6-10,14-15H,5,11-12H2,1-4H3. The van der Waals surface area contributed by atoms with E-state index < -0.39 is 0 Å². The number of carbonyl (C=O) groups is 1. The van der Waals surface area contributed by atoms with Crippen molar-refractivity contribution < 1.29 is 9.53 Å². The van der Waals surface area contributed by atoms with Crippen LogP contribution in [0.5, 0.6) is 0 Å². The molecule has 24 heavy (non-hydrogen) atoms. The van der Waals surface area contributed by atoms with Crippen molar-refractivity contribution in [1.82, 2.24) is 14.7 Å². The van der Waals surface area contributed by atoms with Gasteiger partial charge in [0.05, 0.1) is 35.3 Å². The Morgan fingerprint density at radius 3 is 2.42 bits per heavy atom. The molecule has 1 aromatic heterocycles. The number of carbonyl (C=O) groups excluding carboxylic acids is 1. The van der Waals surface area contributed by atoms with Crippen LogP contribution >= 0.6 is 0 Å². The third-order valence-electron chi connectivity index (χ3n) is 4.42. The summed E-state index contributed by atoms with van der Waals surface area (Å²) in [4.78, 5) is 14.9. The van der Waals surface area contributed by atoms with Gasteiger partial charge in [0.15, 0.2) is 0 Å². The summed E-state index contributed by atoms with van der Waals surface area (Å²) in [5.74, 6) is 0.0483. The Hall–Kier alpha value is -2.14. The largest absolute Gasteiger partial charge is 0.372 e. The number of benzene rings is 1. The molecule has 5 nitrogen and oxygen atoms in total. The van der Waals surface area contributed by atoms with Crippen molar-refractivity contribution in [2.24, 2.45) is 0 Å². The van der Waals surface area contributed by atoms with Gasteiger partial charge in [0.25, 0.3) is 5.91 Å². The van der Waals surface area contributed by atoms with E-state index in [9.17, 15) is 4.79 Å². The first-order valence-corrected chi connectivity index (χ1v) is 8.58. The lowest BCUT2D eigenvalue weighted by Crippen LogP contribution is -2.48. The van der Waals surface area contributed by atoms with Gasteiger partial charge in [-0.05, 0) is 39.3 Å². The van der Waals surface area contributed by atoms with Crippen LogP contribution in [0.2, 0.25) is 0 Å². The fraction of sp³-hybridized carbons (Fsp3) is 0.474. The summed E-state index contributed by atoms with van der Waals surface area (Å²) < 4.78 is 7.60. The quantitative estimate of drug-likeness (QED) is 0.871. The molecule has 0 aliphatic carbocycles. The Bertz CT molecular complexity index is 711. The van der Waals surface area contributed by atoms with Gasteiger partial charge in [0.2, 0.25) is 0 Å². The highest BCUT2D eigenvalue weighted by atomic mass is 16.5. The molecule has 5 heteroatoms. The molecule has 1 amide bonds. The van der Waals surface area contributed by atoms with E-state index in [1.165, 1.54) is 5.56 Å². The van der Waals surface area contributed by atoms with Crippen LogP contribution in [0.1, 0.15) is 42.4 Å². The minimum atomic E-state index is 0.0483. The minimum Gasteiger partial charge on any atom is -0.372 e.